The lowest BCUT2D eigenvalue weighted by Gasteiger charge is -2.19. The van der Waals surface area contributed by atoms with Gasteiger partial charge in [0.1, 0.15) is 0 Å². The SMILES string of the molecule is [C]1CCN2CC=CC=C12. The molecule has 1 nitrogen and oxygen atoms in total. The van der Waals surface area contributed by atoms with Crippen molar-refractivity contribution in [1.82, 2.24) is 4.90 Å². The largest absolute Gasteiger partial charge is 0.371 e. The molecule has 0 amide bonds. The van der Waals surface area contributed by atoms with Crippen LogP contribution in [0.4, 0.5) is 0 Å². The maximum atomic E-state index is 3.29. The van der Waals surface area contributed by atoms with Gasteiger partial charge in [0, 0.05) is 25.2 Å². The maximum Gasteiger partial charge on any atom is 0.0361 e. The average Bonchev–Trinajstić information content (AvgIpc) is 2.33. The molecule has 0 aromatic heterocycles. The summed E-state index contributed by atoms with van der Waals surface area (Å²) in [7, 11) is 0. The molecule has 0 aliphatic carbocycles. The van der Waals surface area contributed by atoms with E-state index in [4.69, 9.17) is 0 Å². The quantitative estimate of drug-likeness (QED) is 0.463. The van der Waals surface area contributed by atoms with E-state index in [-0.39, 0.29) is 0 Å². The molecule has 1 heteroatoms. The van der Waals surface area contributed by atoms with Gasteiger partial charge in [-0.1, -0.05) is 12.2 Å². The van der Waals surface area contributed by atoms with Crippen molar-refractivity contribution < 1.29 is 0 Å². The van der Waals surface area contributed by atoms with Crippen LogP contribution in [-0.2, 0) is 0 Å². The molecular formula is C8H9N. The molecule has 1 saturated heterocycles. The third kappa shape index (κ3) is 0.766. The summed E-state index contributed by atoms with van der Waals surface area (Å²) in [6, 6.07) is 0. The Kier molecular flexibility index (Phi) is 1.08. The van der Waals surface area contributed by atoms with Gasteiger partial charge in [0.05, 0.1) is 0 Å². The number of hydrogen-bond donors (Lipinski definition) is 0. The van der Waals surface area contributed by atoms with Crippen molar-refractivity contribution in [3.63, 3.8) is 0 Å². The predicted octanol–water partition coefficient (Wildman–Crippen LogP) is 1.23. The summed E-state index contributed by atoms with van der Waals surface area (Å²) in [6.45, 7) is 2.25. The topological polar surface area (TPSA) is 3.24 Å². The second-order valence-electron chi connectivity index (χ2n) is 2.35. The molecule has 2 aliphatic rings. The molecule has 0 aromatic rings. The fraction of sp³-hybridized carbons (Fsp3) is 0.375. The predicted molar refractivity (Wildman–Crippen MR) is 36.7 cm³/mol. The van der Waals surface area contributed by atoms with Crippen LogP contribution in [0.5, 0.6) is 0 Å². The molecule has 2 heterocycles. The van der Waals surface area contributed by atoms with E-state index in [0.29, 0.717) is 0 Å². The zero-order valence-electron chi connectivity index (χ0n) is 5.30. The van der Waals surface area contributed by atoms with Crippen LogP contribution in [0.2, 0.25) is 0 Å². The molecular weight excluding hydrogens is 110 g/mol. The zero-order valence-corrected chi connectivity index (χ0v) is 5.30. The molecule has 2 radical (unpaired) electrons. The lowest BCUT2D eigenvalue weighted by Crippen LogP contribution is -2.19. The summed E-state index contributed by atoms with van der Waals surface area (Å²) in [5, 5.41) is 0. The third-order valence-corrected chi connectivity index (χ3v) is 1.74. The van der Waals surface area contributed by atoms with Crippen molar-refractivity contribution in [2.45, 2.75) is 6.42 Å². The lowest BCUT2D eigenvalue weighted by molar-refractivity contribution is 0.433. The fourth-order valence-electron chi connectivity index (χ4n) is 1.25. The van der Waals surface area contributed by atoms with Gasteiger partial charge in [-0.25, -0.2) is 0 Å². The Hall–Kier alpha value is -0.720. The highest BCUT2D eigenvalue weighted by Gasteiger charge is 2.16. The molecule has 0 bridgehead atoms. The first-order valence-electron chi connectivity index (χ1n) is 3.32. The van der Waals surface area contributed by atoms with E-state index in [9.17, 15) is 0 Å². The lowest BCUT2D eigenvalue weighted by atomic mass is 10.2. The minimum absolute atomic E-state index is 1.08. The van der Waals surface area contributed by atoms with Gasteiger partial charge >= 0.3 is 0 Å². The van der Waals surface area contributed by atoms with E-state index in [1.807, 2.05) is 0 Å². The first-order chi connectivity index (χ1) is 4.47. The van der Waals surface area contributed by atoms with Crippen molar-refractivity contribution in [2.75, 3.05) is 13.1 Å². The summed E-state index contributed by atoms with van der Waals surface area (Å²) in [6.07, 6.45) is 10.8. The second kappa shape index (κ2) is 1.90. The number of fused-ring (bicyclic) bond motifs is 1. The highest BCUT2D eigenvalue weighted by molar-refractivity contribution is 5.26. The van der Waals surface area contributed by atoms with Gasteiger partial charge in [-0.3, -0.25) is 0 Å². The van der Waals surface area contributed by atoms with Crippen LogP contribution >= 0.6 is 0 Å². The number of rotatable bonds is 0. The smallest absolute Gasteiger partial charge is 0.0361 e. The second-order valence-corrected chi connectivity index (χ2v) is 2.35. The van der Waals surface area contributed by atoms with Gasteiger partial charge in [0.25, 0.3) is 0 Å². The molecule has 2 rings (SSSR count). The number of allylic oxidation sites excluding steroid dienone is 3. The Morgan fingerprint density at radius 3 is 3.44 bits per heavy atom. The summed E-state index contributed by atoms with van der Waals surface area (Å²) in [5.74, 6) is 0. The summed E-state index contributed by atoms with van der Waals surface area (Å²) in [5.41, 5.74) is 1.29. The van der Waals surface area contributed by atoms with Crippen LogP contribution in [0.1, 0.15) is 6.42 Å². The van der Waals surface area contributed by atoms with Crippen LogP contribution in [0.15, 0.2) is 23.9 Å². The highest BCUT2D eigenvalue weighted by atomic mass is 15.1. The Morgan fingerprint density at radius 1 is 1.56 bits per heavy atom. The third-order valence-electron chi connectivity index (χ3n) is 1.74. The molecule has 1 fully saturated rings. The van der Waals surface area contributed by atoms with Crippen LogP contribution in [0, 0.1) is 6.42 Å². The first-order valence-corrected chi connectivity index (χ1v) is 3.32. The molecule has 0 unspecified atom stereocenters. The normalized spacial score (nSPS) is 24.0. The standard InChI is InChI=1S/C8H9N/c1-2-6-9-7-3-5-8(9)4-1/h1-2,4H,3,6-7H2. The monoisotopic (exact) mass is 119 g/mol. The highest BCUT2D eigenvalue weighted by Crippen LogP contribution is 2.21. The summed E-state index contributed by atoms with van der Waals surface area (Å²) in [4.78, 5) is 2.33. The molecule has 0 saturated carbocycles. The van der Waals surface area contributed by atoms with Crippen molar-refractivity contribution in [3.8, 4) is 0 Å². The summed E-state index contributed by atoms with van der Waals surface area (Å²) >= 11 is 0. The zero-order chi connectivity index (χ0) is 6.10. The van der Waals surface area contributed by atoms with Crippen LogP contribution in [0.25, 0.3) is 0 Å². The first kappa shape index (κ1) is 5.10. The Labute approximate surface area is 55.7 Å². The minimum Gasteiger partial charge on any atom is -0.371 e. The number of hydrogen-bond acceptors (Lipinski definition) is 1. The molecule has 0 atom stereocenters. The molecule has 46 valence electrons. The van der Waals surface area contributed by atoms with E-state index >= 15 is 0 Å². The number of nitrogens with zero attached hydrogens (tertiary/aromatic N) is 1. The Morgan fingerprint density at radius 2 is 2.56 bits per heavy atom. The van der Waals surface area contributed by atoms with Crippen molar-refractivity contribution in [3.05, 3.63) is 30.3 Å². The van der Waals surface area contributed by atoms with E-state index < -0.39 is 0 Å². The van der Waals surface area contributed by atoms with Gasteiger partial charge in [-0.15, -0.1) is 0 Å². The van der Waals surface area contributed by atoms with Crippen molar-refractivity contribution in [1.29, 1.82) is 0 Å². The van der Waals surface area contributed by atoms with Crippen molar-refractivity contribution in [2.24, 2.45) is 0 Å². The van der Waals surface area contributed by atoms with Gasteiger partial charge in [0.15, 0.2) is 0 Å². The van der Waals surface area contributed by atoms with Gasteiger partial charge in [0.2, 0.25) is 0 Å². The molecule has 0 spiro atoms. The van der Waals surface area contributed by atoms with Gasteiger partial charge in [-0.05, 0) is 12.5 Å². The molecule has 2 aliphatic heterocycles. The van der Waals surface area contributed by atoms with Gasteiger partial charge in [-0.2, -0.15) is 0 Å². The molecule has 0 N–H and O–H groups in total. The Balaban J connectivity index is 2.23. The van der Waals surface area contributed by atoms with Crippen molar-refractivity contribution >= 4 is 0 Å². The van der Waals surface area contributed by atoms with Crippen LogP contribution in [0.3, 0.4) is 0 Å². The van der Waals surface area contributed by atoms with E-state index in [0.717, 1.165) is 19.5 Å². The van der Waals surface area contributed by atoms with Gasteiger partial charge < -0.3 is 4.90 Å². The van der Waals surface area contributed by atoms with E-state index in [1.165, 1.54) is 5.70 Å². The van der Waals surface area contributed by atoms with E-state index in [2.05, 4.69) is 29.5 Å². The Bertz CT molecular complexity index is 167. The van der Waals surface area contributed by atoms with Crippen LogP contribution in [-0.4, -0.2) is 18.0 Å². The fourth-order valence-corrected chi connectivity index (χ4v) is 1.25. The minimum atomic E-state index is 1.08. The summed E-state index contributed by atoms with van der Waals surface area (Å²) < 4.78 is 0. The average molecular weight is 119 g/mol. The maximum absolute atomic E-state index is 3.29. The van der Waals surface area contributed by atoms with E-state index in [1.54, 1.807) is 0 Å². The molecule has 9 heavy (non-hydrogen) atoms. The van der Waals surface area contributed by atoms with Crippen LogP contribution < -0.4 is 0 Å². The molecule has 0 aromatic carbocycles.